The highest BCUT2D eigenvalue weighted by Gasteiger charge is 2.30. The average molecular weight is 312 g/mol. The lowest BCUT2D eigenvalue weighted by Gasteiger charge is -2.45. The van der Waals surface area contributed by atoms with Crippen molar-refractivity contribution in [1.29, 1.82) is 0 Å². The lowest BCUT2D eigenvalue weighted by Crippen LogP contribution is -2.57. The van der Waals surface area contributed by atoms with Crippen LogP contribution in [0.3, 0.4) is 0 Å². The van der Waals surface area contributed by atoms with Crippen LogP contribution in [0.1, 0.15) is 53.4 Å². The smallest absolute Gasteiger partial charge is 0.0480 e. The summed E-state index contributed by atoms with van der Waals surface area (Å²) in [5.41, 5.74) is 6.77. The molecule has 130 valence electrons. The van der Waals surface area contributed by atoms with E-state index >= 15 is 0 Å². The molecule has 1 unspecified atom stereocenters. The molecule has 22 heavy (non-hydrogen) atoms. The van der Waals surface area contributed by atoms with E-state index in [9.17, 15) is 0 Å². The van der Waals surface area contributed by atoms with Gasteiger partial charge in [-0.2, -0.15) is 0 Å². The molecule has 2 heterocycles. The maximum atomic E-state index is 6.38. The number of ether oxygens (including phenoxy) is 1. The largest absolute Gasteiger partial charge is 0.381 e. The normalized spacial score (nSPS) is 28.0. The molecule has 2 atom stereocenters. The van der Waals surface area contributed by atoms with E-state index in [0.29, 0.717) is 17.5 Å². The Labute approximate surface area is 137 Å². The number of hydrogen-bond donors (Lipinski definition) is 1. The maximum absolute atomic E-state index is 6.38. The van der Waals surface area contributed by atoms with E-state index in [0.717, 1.165) is 32.2 Å². The summed E-state index contributed by atoms with van der Waals surface area (Å²) < 4.78 is 5.49. The van der Waals surface area contributed by atoms with E-state index in [1.807, 2.05) is 0 Å². The Morgan fingerprint density at radius 3 is 2.45 bits per heavy atom. The van der Waals surface area contributed by atoms with Gasteiger partial charge in [-0.05, 0) is 38.0 Å². The minimum absolute atomic E-state index is 0.316. The third kappa shape index (κ3) is 5.80. The van der Waals surface area contributed by atoms with Crippen LogP contribution in [-0.2, 0) is 4.74 Å². The van der Waals surface area contributed by atoms with Crippen molar-refractivity contribution in [1.82, 2.24) is 9.80 Å². The lowest BCUT2D eigenvalue weighted by molar-refractivity contribution is -0.00291. The molecule has 4 nitrogen and oxygen atoms in total. The summed E-state index contributed by atoms with van der Waals surface area (Å²) in [6.07, 6.45) is 4.76. The summed E-state index contributed by atoms with van der Waals surface area (Å²) in [6.45, 7) is 15.8. The van der Waals surface area contributed by atoms with Gasteiger partial charge in [0.15, 0.2) is 0 Å². The zero-order valence-electron chi connectivity index (χ0n) is 15.2. The van der Waals surface area contributed by atoms with Crippen LogP contribution in [0.5, 0.6) is 0 Å². The number of rotatable bonds is 5. The van der Waals surface area contributed by atoms with Crippen molar-refractivity contribution in [2.75, 3.05) is 39.4 Å². The molecule has 0 radical (unpaired) electrons. The predicted octanol–water partition coefficient (Wildman–Crippen LogP) is 2.33. The van der Waals surface area contributed by atoms with E-state index in [-0.39, 0.29) is 0 Å². The van der Waals surface area contributed by atoms with Gasteiger partial charge in [0.1, 0.15) is 0 Å². The first-order chi connectivity index (χ1) is 10.3. The standard InChI is InChI=1S/C18H37N3O/c1-15-13-21(17-6-11-22-12-7-17)10-9-20(15)14-16(19)5-8-18(2,3)4/h15-17H,5-14,19H2,1-4H3/t15-,16?/m1/s1. The Kier molecular flexibility index (Phi) is 6.69. The van der Waals surface area contributed by atoms with E-state index in [1.165, 1.54) is 38.9 Å². The first kappa shape index (κ1) is 18.2. The molecule has 2 rings (SSSR count). The highest BCUT2D eigenvalue weighted by Crippen LogP contribution is 2.23. The fraction of sp³-hybridized carbons (Fsp3) is 1.00. The summed E-state index contributed by atoms with van der Waals surface area (Å²) in [4.78, 5) is 5.29. The van der Waals surface area contributed by atoms with Gasteiger partial charge in [0.25, 0.3) is 0 Å². The van der Waals surface area contributed by atoms with Crippen molar-refractivity contribution in [3.05, 3.63) is 0 Å². The van der Waals surface area contributed by atoms with Gasteiger partial charge in [-0.3, -0.25) is 9.80 Å². The minimum atomic E-state index is 0.316. The van der Waals surface area contributed by atoms with Crippen LogP contribution in [0, 0.1) is 5.41 Å². The van der Waals surface area contributed by atoms with Crippen molar-refractivity contribution in [2.24, 2.45) is 11.1 Å². The molecule has 0 aromatic carbocycles. The summed E-state index contributed by atoms with van der Waals surface area (Å²) in [7, 11) is 0. The van der Waals surface area contributed by atoms with Crippen LogP contribution in [0.2, 0.25) is 0 Å². The van der Waals surface area contributed by atoms with Crippen LogP contribution in [0.4, 0.5) is 0 Å². The quantitative estimate of drug-likeness (QED) is 0.846. The highest BCUT2D eigenvalue weighted by atomic mass is 16.5. The summed E-state index contributed by atoms with van der Waals surface area (Å²) >= 11 is 0. The lowest BCUT2D eigenvalue weighted by atomic mass is 9.88. The molecule has 0 saturated carbocycles. The minimum Gasteiger partial charge on any atom is -0.381 e. The molecule has 0 aliphatic carbocycles. The second-order valence-corrected chi connectivity index (χ2v) is 8.54. The molecule has 0 aromatic heterocycles. The van der Waals surface area contributed by atoms with Gasteiger partial charge in [-0.25, -0.2) is 0 Å². The summed E-state index contributed by atoms with van der Waals surface area (Å²) in [6, 6.07) is 1.68. The third-order valence-electron chi connectivity index (χ3n) is 5.24. The number of piperazine rings is 1. The van der Waals surface area contributed by atoms with Crippen molar-refractivity contribution >= 4 is 0 Å². The molecule has 0 amide bonds. The molecule has 0 bridgehead atoms. The Bertz CT molecular complexity index is 323. The van der Waals surface area contributed by atoms with Gasteiger partial charge in [0.2, 0.25) is 0 Å². The van der Waals surface area contributed by atoms with Gasteiger partial charge >= 0.3 is 0 Å². The fourth-order valence-electron chi connectivity index (χ4n) is 3.69. The Morgan fingerprint density at radius 1 is 1.18 bits per heavy atom. The molecule has 0 spiro atoms. The monoisotopic (exact) mass is 311 g/mol. The highest BCUT2D eigenvalue weighted by molar-refractivity contribution is 4.86. The van der Waals surface area contributed by atoms with E-state index in [1.54, 1.807) is 0 Å². The molecule has 2 aliphatic rings. The van der Waals surface area contributed by atoms with Crippen LogP contribution < -0.4 is 5.73 Å². The van der Waals surface area contributed by atoms with E-state index in [4.69, 9.17) is 10.5 Å². The van der Waals surface area contributed by atoms with Gasteiger partial charge in [0, 0.05) is 57.5 Å². The summed E-state index contributed by atoms with van der Waals surface area (Å²) in [5.74, 6) is 0. The number of hydrogen-bond acceptors (Lipinski definition) is 4. The van der Waals surface area contributed by atoms with Crippen LogP contribution in [0.15, 0.2) is 0 Å². The predicted molar refractivity (Wildman–Crippen MR) is 93.1 cm³/mol. The zero-order valence-corrected chi connectivity index (χ0v) is 15.2. The second kappa shape index (κ2) is 8.09. The van der Waals surface area contributed by atoms with Gasteiger partial charge in [-0.1, -0.05) is 20.8 Å². The maximum Gasteiger partial charge on any atom is 0.0480 e. The van der Waals surface area contributed by atoms with Crippen LogP contribution in [0.25, 0.3) is 0 Å². The molecular formula is C18H37N3O. The van der Waals surface area contributed by atoms with E-state index < -0.39 is 0 Å². The average Bonchev–Trinajstić information content (AvgIpc) is 2.47. The van der Waals surface area contributed by atoms with Crippen molar-refractivity contribution in [3.63, 3.8) is 0 Å². The Hall–Kier alpha value is -0.160. The molecule has 2 saturated heterocycles. The van der Waals surface area contributed by atoms with Crippen molar-refractivity contribution in [3.8, 4) is 0 Å². The first-order valence-corrected chi connectivity index (χ1v) is 9.16. The Balaban J connectivity index is 1.73. The molecule has 0 aromatic rings. The van der Waals surface area contributed by atoms with Gasteiger partial charge in [0.05, 0.1) is 0 Å². The number of nitrogens with zero attached hydrogens (tertiary/aromatic N) is 2. The first-order valence-electron chi connectivity index (χ1n) is 9.16. The van der Waals surface area contributed by atoms with E-state index in [2.05, 4.69) is 37.5 Å². The topological polar surface area (TPSA) is 41.7 Å². The van der Waals surface area contributed by atoms with Crippen molar-refractivity contribution < 1.29 is 4.74 Å². The zero-order chi connectivity index (χ0) is 16.2. The molecule has 2 aliphatic heterocycles. The SMILES string of the molecule is C[C@@H]1CN(C2CCOCC2)CCN1CC(N)CCC(C)(C)C. The third-order valence-corrected chi connectivity index (χ3v) is 5.24. The van der Waals surface area contributed by atoms with Crippen molar-refractivity contribution in [2.45, 2.75) is 71.5 Å². The fourth-order valence-corrected chi connectivity index (χ4v) is 3.69. The van der Waals surface area contributed by atoms with Crippen LogP contribution in [-0.4, -0.2) is 67.3 Å². The molecule has 2 N–H and O–H groups in total. The van der Waals surface area contributed by atoms with Gasteiger partial charge < -0.3 is 10.5 Å². The Morgan fingerprint density at radius 2 is 1.86 bits per heavy atom. The number of nitrogens with two attached hydrogens (primary N) is 1. The second-order valence-electron chi connectivity index (χ2n) is 8.54. The molecular weight excluding hydrogens is 274 g/mol. The van der Waals surface area contributed by atoms with Gasteiger partial charge in [-0.15, -0.1) is 0 Å². The van der Waals surface area contributed by atoms with Crippen LogP contribution >= 0.6 is 0 Å². The molecule has 4 heteroatoms. The summed E-state index contributed by atoms with van der Waals surface area (Å²) in [5, 5.41) is 0. The molecule has 2 fully saturated rings.